The summed E-state index contributed by atoms with van der Waals surface area (Å²) in [7, 11) is 0. The highest BCUT2D eigenvalue weighted by Crippen LogP contribution is 2.08. The van der Waals surface area contributed by atoms with Gasteiger partial charge in [0.2, 0.25) is 0 Å². The van der Waals surface area contributed by atoms with Crippen LogP contribution < -0.4 is 5.32 Å². The smallest absolute Gasteiger partial charge is 0.0897 e. The van der Waals surface area contributed by atoms with Crippen molar-refractivity contribution in [3.8, 4) is 0 Å². The SMILES string of the molecule is CC(Cc1ccsc1)NCC(O)COC(C)C. The Bertz CT molecular complexity index is 288. The fourth-order valence-electron chi connectivity index (χ4n) is 1.53. The van der Waals surface area contributed by atoms with Crippen molar-refractivity contribution in [2.24, 2.45) is 0 Å². The first-order valence-electron chi connectivity index (χ1n) is 6.12. The zero-order chi connectivity index (χ0) is 12.7. The van der Waals surface area contributed by atoms with Crippen LogP contribution >= 0.6 is 11.3 Å². The first kappa shape index (κ1) is 14.6. The number of ether oxygens (including phenoxy) is 1. The van der Waals surface area contributed by atoms with Gasteiger partial charge < -0.3 is 15.2 Å². The highest BCUT2D eigenvalue weighted by atomic mass is 32.1. The fraction of sp³-hybridized carbons (Fsp3) is 0.692. The molecule has 1 rings (SSSR count). The molecule has 0 amide bonds. The van der Waals surface area contributed by atoms with Crippen molar-refractivity contribution in [1.82, 2.24) is 5.32 Å². The van der Waals surface area contributed by atoms with Gasteiger partial charge in [-0.05, 0) is 49.6 Å². The molecule has 0 radical (unpaired) electrons. The first-order valence-corrected chi connectivity index (χ1v) is 7.06. The Balaban J connectivity index is 2.12. The van der Waals surface area contributed by atoms with Crippen LogP contribution in [0, 0.1) is 0 Å². The predicted octanol–water partition coefficient (Wildman–Crippen LogP) is 2.05. The molecule has 0 aliphatic heterocycles. The van der Waals surface area contributed by atoms with Gasteiger partial charge in [-0.15, -0.1) is 0 Å². The number of aliphatic hydroxyl groups is 1. The largest absolute Gasteiger partial charge is 0.389 e. The molecule has 2 atom stereocenters. The summed E-state index contributed by atoms with van der Waals surface area (Å²) in [6, 6.07) is 2.51. The van der Waals surface area contributed by atoms with Crippen molar-refractivity contribution in [2.75, 3.05) is 13.2 Å². The summed E-state index contributed by atoms with van der Waals surface area (Å²) < 4.78 is 5.35. The van der Waals surface area contributed by atoms with Gasteiger partial charge in [-0.2, -0.15) is 11.3 Å². The maximum Gasteiger partial charge on any atom is 0.0897 e. The third-order valence-corrected chi connectivity index (χ3v) is 3.18. The van der Waals surface area contributed by atoms with Gasteiger partial charge >= 0.3 is 0 Å². The van der Waals surface area contributed by atoms with Crippen LogP contribution in [0.5, 0.6) is 0 Å². The molecule has 1 aromatic heterocycles. The summed E-state index contributed by atoms with van der Waals surface area (Å²) in [5.41, 5.74) is 1.35. The molecule has 0 saturated carbocycles. The van der Waals surface area contributed by atoms with Crippen molar-refractivity contribution in [3.63, 3.8) is 0 Å². The van der Waals surface area contributed by atoms with Crippen LogP contribution in [0.3, 0.4) is 0 Å². The molecule has 3 nitrogen and oxygen atoms in total. The molecule has 0 aromatic carbocycles. The second-order valence-electron chi connectivity index (χ2n) is 4.68. The zero-order valence-electron chi connectivity index (χ0n) is 10.8. The number of nitrogens with one attached hydrogen (secondary N) is 1. The highest BCUT2D eigenvalue weighted by Gasteiger charge is 2.08. The molecule has 0 aliphatic carbocycles. The fourth-order valence-corrected chi connectivity index (χ4v) is 2.22. The van der Waals surface area contributed by atoms with Gasteiger partial charge in [0.05, 0.1) is 18.8 Å². The molecule has 2 unspecified atom stereocenters. The summed E-state index contributed by atoms with van der Waals surface area (Å²) >= 11 is 1.72. The normalized spacial score (nSPS) is 15.1. The quantitative estimate of drug-likeness (QED) is 0.749. The van der Waals surface area contributed by atoms with Crippen LogP contribution in [-0.2, 0) is 11.2 Å². The lowest BCUT2D eigenvalue weighted by Crippen LogP contribution is -2.37. The van der Waals surface area contributed by atoms with Crippen molar-refractivity contribution in [3.05, 3.63) is 22.4 Å². The highest BCUT2D eigenvalue weighted by molar-refractivity contribution is 7.07. The molecule has 98 valence electrons. The first-order chi connectivity index (χ1) is 8.08. The second kappa shape index (κ2) is 7.82. The van der Waals surface area contributed by atoms with E-state index in [0.717, 1.165) is 6.42 Å². The van der Waals surface area contributed by atoms with E-state index in [9.17, 15) is 5.11 Å². The summed E-state index contributed by atoms with van der Waals surface area (Å²) in [4.78, 5) is 0. The van der Waals surface area contributed by atoms with Gasteiger partial charge in [0, 0.05) is 12.6 Å². The molecule has 0 spiro atoms. The Hall–Kier alpha value is -0.420. The summed E-state index contributed by atoms with van der Waals surface area (Å²) in [6.45, 7) is 7.06. The minimum Gasteiger partial charge on any atom is -0.389 e. The van der Waals surface area contributed by atoms with E-state index >= 15 is 0 Å². The molecular formula is C13H23NO2S. The van der Waals surface area contributed by atoms with Crippen LogP contribution in [-0.4, -0.2) is 36.5 Å². The minimum atomic E-state index is -0.428. The molecule has 0 aliphatic rings. The number of hydrogen-bond donors (Lipinski definition) is 2. The Morgan fingerprint density at radius 2 is 2.18 bits per heavy atom. The molecule has 1 heterocycles. The monoisotopic (exact) mass is 257 g/mol. The molecule has 0 fully saturated rings. The van der Waals surface area contributed by atoms with Crippen LogP contribution in [0.25, 0.3) is 0 Å². The number of hydrogen-bond acceptors (Lipinski definition) is 4. The Morgan fingerprint density at radius 1 is 1.41 bits per heavy atom. The van der Waals surface area contributed by atoms with Crippen molar-refractivity contribution in [2.45, 2.75) is 45.4 Å². The lowest BCUT2D eigenvalue weighted by molar-refractivity contribution is 0.00564. The second-order valence-corrected chi connectivity index (χ2v) is 5.46. The molecule has 0 bridgehead atoms. The predicted molar refractivity (Wildman–Crippen MR) is 72.6 cm³/mol. The van der Waals surface area contributed by atoms with E-state index in [1.54, 1.807) is 11.3 Å². The van der Waals surface area contributed by atoms with Gasteiger partial charge in [-0.3, -0.25) is 0 Å². The maximum atomic E-state index is 9.69. The van der Waals surface area contributed by atoms with E-state index < -0.39 is 6.10 Å². The van der Waals surface area contributed by atoms with E-state index in [1.807, 2.05) is 13.8 Å². The van der Waals surface area contributed by atoms with Gasteiger partial charge in [0.1, 0.15) is 0 Å². The van der Waals surface area contributed by atoms with E-state index in [1.165, 1.54) is 5.56 Å². The number of aliphatic hydroxyl groups excluding tert-OH is 1. The van der Waals surface area contributed by atoms with Crippen molar-refractivity contribution < 1.29 is 9.84 Å². The Kier molecular flexibility index (Phi) is 6.73. The van der Waals surface area contributed by atoms with Crippen LogP contribution in [0.2, 0.25) is 0 Å². The average Bonchev–Trinajstić information content (AvgIpc) is 2.76. The summed E-state index contributed by atoms with van der Waals surface area (Å²) in [5, 5.41) is 17.3. The Morgan fingerprint density at radius 3 is 2.76 bits per heavy atom. The van der Waals surface area contributed by atoms with E-state index in [4.69, 9.17) is 4.74 Å². The summed E-state index contributed by atoms with van der Waals surface area (Å²) in [6.07, 6.45) is 0.747. The lowest BCUT2D eigenvalue weighted by Gasteiger charge is -2.17. The van der Waals surface area contributed by atoms with Gasteiger partial charge in [-0.25, -0.2) is 0 Å². The van der Waals surface area contributed by atoms with E-state index in [-0.39, 0.29) is 6.10 Å². The average molecular weight is 257 g/mol. The molecule has 1 aromatic rings. The number of rotatable bonds is 8. The Labute approximate surface area is 108 Å². The van der Waals surface area contributed by atoms with Crippen LogP contribution in [0.1, 0.15) is 26.3 Å². The van der Waals surface area contributed by atoms with Gasteiger partial charge in [0.15, 0.2) is 0 Å². The minimum absolute atomic E-state index is 0.174. The third kappa shape index (κ3) is 6.78. The molecule has 17 heavy (non-hydrogen) atoms. The lowest BCUT2D eigenvalue weighted by atomic mass is 10.1. The molecule has 2 N–H and O–H groups in total. The third-order valence-electron chi connectivity index (χ3n) is 2.45. The maximum absolute atomic E-state index is 9.69. The molecule has 0 saturated heterocycles. The van der Waals surface area contributed by atoms with E-state index in [2.05, 4.69) is 29.1 Å². The molecular weight excluding hydrogens is 234 g/mol. The topological polar surface area (TPSA) is 41.5 Å². The molecule has 4 heteroatoms. The van der Waals surface area contributed by atoms with Crippen LogP contribution in [0.15, 0.2) is 16.8 Å². The van der Waals surface area contributed by atoms with Crippen molar-refractivity contribution >= 4 is 11.3 Å². The van der Waals surface area contributed by atoms with Crippen LogP contribution in [0.4, 0.5) is 0 Å². The standard InChI is InChI=1S/C13H23NO2S/c1-10(2)16-8-13(15)7-14-11(3)6-12-4-5-17-9-12/h4-5,9-11,13-15H,6-8H2,1-3H3. The van der Waals surface area contributed by atoms with E-state index in [0.29, 0.717) is 19.2 Å². The summed E-state index contributed by atoms with van der Waals surface area (Å²) in [5.74, 6) is 0. The van der Waals surface area contributed by atoms with Gasteiger partial charge in [-0.1, -0.05) is 0 Å². The van der Waals surface area contributed by atoms with Gasteiger partial charge in [0.25, 0.3) is 0 Å². The van der Waals surface area contributed by atoms with Crippen molar-refractivity contribution in [1.29, 1.82) is 0 Å². The zero-order valence-corrected chi connectivity index (χ0v) is 11.7. The number of thiophene rings is 1.